The summed E-state index contributed by atoms with van der Waals surface area (Å²) in [7, 11) is 0. The molecule has 2 aromatic heterocycles. The highest BCUT2D eigenvalue weighted by molar-refractivity contribution is 7.13. The molecule has 0 unspecified atom stereocenters. The molecular weight excluding hydrogens is 284 g/mol. The van der Waals surface area contributed by atoms with Gasteiger partial charge in [0.25, 0.3) is 0 Å². The third-order valence-corrected chi connectivity index (χ3v) is 4.32. The van der Waals surface area contributed by atoms with Gasteiger partial charge in [0, 0.05) is 17.6 Å². The van der Waals surface area contributed by atoms with Gasteiger partial charge in [-0.1, -0.05) is 18.9 Å². The molecule has 0 atom stereocenters. The Bertz CT molecular complexity index is 593. The Hall–Kier alpha value is -1.95. The maximum atomic E-state index is 12.0. The molecule has 0 bridgehead atoms. The van der Waals surface area contributed by atoms with Gasteiger partial charge in [0.15, 0.2) is 5.13 Å². The van der Waals surface area contributed by atoms with E-state index in [4.69, 9.17) is 0 Å². The van der Waals surface area contributed by atoms with Gasteiger partial charge in [0.2, 0.25) is 5.91 Å². The van der Waals surface area contributed by atoms with Crippen molar-refractivity contribution in [3.05, 3.63) is 35.5 Å². The van der Waals surface area contributed by atoms with Crippen molar-refractivity contribution in [3.63, 3.8) is 0 Å². The van der Waals surface area contributed by atoms with E-state index in [9.17, 15) is 4.79 Å². The maximum Gasteiger partial charge on any atom is 0.226 e. The minimum Gasteiger partial charge on any atom is -0.353 e. The lowest BCUT2D eigenvalue weighted by Gasteiger charge is -2.10. The van der Waals surface area contributed by atoms with Crippen LogP contribution >= 0.6 is 11.3 Å². The van der Waals surface area contributed by atoms with Gasteiger partial charge < -0.3 is 10.6 Å². The molecule has 0 spiro atoms. The van der Waals surface area contributed by atoms with Crippen molar-refractivity contribution in [1.29, 1.82) is 0 Å². The van der Waals surface area contributed by atoms with Crippen LogP contribution in [0.2, 0.25) is 0 Å². The number of aromatic nitrogens is 2. The Morgan fingerprint density at radius 2 is 2.19 bits per heavy atom. The van der Waals surface area contributed by atoms with Gasteiger partial charge in [-0.3, -0.25) is 4.79 Å². The van der Waals surface area contributed by atoms with Crippen LogP contribution in [0.25, 0.3) is 0 Å². The van der Waals surface area contributed by atoms with Crippen molar-refractivity contribution in [2.24, 2.45) is 0 Å². The number of carbonyl (C=O) groups excluding carboxylic acids is 1. The SMILES string of the molecule is O=C(Cc1csc(Nc2ccccn2)n1)NC1CCCC1. The average molecular weight is 302 g/mol. The Morgan fingerprint density at radius 3 is 2.95 bits per heavy atom. The van der Waals surface area contributed by atoms with E-state index in [1.165, 1.54) is 24.2 Å². The van der Waals surface area contributed by atoms with Gasteiger partial charge in [-0.2, -0.15) is 0 Å². The predicted molar refractivity (Wildman–Crippen MR) is 83.7 cm³/mol. The Morgan fingerprint density at radius 1 is 1.33 bits per heavy atom. The topological polar surface area (TPSA) is 66.9 Å². The molecule has 2 N–H and O–H groups in total. The number of hydrogen-bond donors (Lipinski definition) is 2. The summed E-state index contributed by atoms with van der Waals surface area (Å²) in [5, 5.41) is 8.89. The van der Waals surface area contributed by atoms with E-state index in [0.717, 1.165) is 29.5 Å². The van der Waals surface area contributed by atoms with Crippen molar-refractivity contribution in [2.75, 3.05) is 5.32 Å². The number of thiazole rings is 1. The number of hydrogen-bond acceptors (Lipinski definition) is 5. The summed E-state index contributed by atoms with van der Waals surface area (Å²) in [5.41, 5.74) is 0.800. The minimum absolute atomic E-state index is 0.0663. The second-order valence-corrected chi connectivity index (χ2v) is 6.07. The third kappa shape index (κ3) is 4.01. The molecule has 1 aliphatic carbocycles. The average Bonchev–Trinajstić information content (AvgIpc) is 3.12. The van der Waals surface area contributed by atoms with Crippen molar-refractivity contribution in [2.45, 2.75) is 38.1 Å². The normalized spacial score (nSPS) is 15.0. The first-order valence-corrected chi connectivity index (χ1v) is 8.09. The lowest BCUT2D eigenvalue weighted by atomic mass is 10.2. The van der Waals surface area contributed by atoms with Crippen LogP contribution in [0.4, 0.5) is 10.9 Å². The van der Waals surface area contributed by atoms with Crippen LogP contribution < -0.4 is 10.6 Å². The first-order chi connectivity index (χ1) is 10.3. The molecule has 3 rings (SSSR count). The molecular formula is C15H18N4OS. The van der Waals surface area contributed by atoms with Crippen molar-refractivity contribution in [1.82, 2.24) is 15.3 Å². The van der Waals surface area contributed by atoms with E-state index < -0.39 is 0 Å². The molecule has 21 heavy (non-hydrogen) atoms. The number of pyridine rings is 1. The molecule has 1 saturated carbocycles. The molecule has 0 aliphatic heterocycles. The predicted octanol–water partition coefficient (Wildman–Crippen LogP) is 2.88. The van der Waals surface area contributed by atoms with E-state index in [2.05, 4.69) is 20.6 Å². The number of carbonyl (C=O) groups is 1. The van der Waals surface area contributed by atoms with Crippen LogP contribution in [0, 0.1) is 0 Å². The summed E-state index contributed by atoms with van der Waals surface area (Å²) < 4.78 is 0. The van der Waals surface area contributed by atoms with Gasteiger partial charge in [-0.05, 0) is 25.0 Å². The van der Waals surface area contributed by atoms with Crippen molar-refractivity contribution in [3.8, 4) is 0 Å². The standard InChI is InChI=1S/C15H18N4OS/c20-14(17-11-5-1-2-6-11)9-12-10-21-15(18-12)19-13-7-3-4-8-16-13/h3-4,7-8,10-11H,1-2,5-6,9H2,(H,17,20)(H,16,18,19). The Labute approximate surface area is 127 Å². The second-order valence-electron chi connectivity index (χ2n) is 5.21. The zero-order valence-electron chi connectivity index (χ0n) is 11.7. The number of nitrogens with zero attached hydrogens (tertiary/aromatic N) is 2. The van der Waals surface area contributed by atoms with Crippen molar-refractivity contribution >= 4 is 28.2 Å². The molecule has 0 aromatic carbocycles. The minimum atomic E-state index is 0.0663. The van der Waals surface area contributed by atoms with Crippen LogP contribution in [0.5, 0.6) is 0 Å². The van der Waals surface area contributed by atoms with Crippen LogP contribution in [-0.4, -0.2) is 21.9 Å². The Kier molecular flexibility index (Phi) is 4.45. The van der Waals surface area contributed by atoms with Gasteiger partial charge in [0.1, 0.15) is 5.82 Å². The summed E-state index contributed by atoms with van der Waals surface area (Å²) >= 11 is 1.49. The number of amides is 1. The van der Waals surface area contributed by atoms with E-state index in [1.807, 2.05) is 23.6 Å². The van der Waals surface area contributed by atoms with E-state index in [0.29, 0.717) is 12.5 Å². The van der Waals surface area contributed by atoms with Crippen molar-refractivity contribution < 1.29 is 4.79 Å². The highest BCUT2D eigenvalue weighted by Crippen LogP contribution is 2.20. The molecule has 0 radical (unpaired) electrons. The van der Waals surface area contributed by atoms with Gasteiger partial charge in [-0.25, -0.2) is 9.97 Å². The first kappa shape index (κ1) is 14.0. The number of rotatable bonds is 5. The highest BCUT2D eigenvalue weighted by Gasteiger charge is 2.17. The number of anilines is 2. The fourth-order valence-electron chi connectivity index (χ4n) is 2.51. The molecule has 2 aromatic rings. The van der Waals surface area contributed by atoms with Gasteiger partial charge >= 0.3 is 0 Å². The largest absolute Gasteiger partial charge is 0.353 e. The van der Waals surface area contributed by atoms with E-state index in [-0.39, 0.29) is 5.91 Å². The zero-order valence-corrected chi connectivity index (χ0v) is 12.5. The molecule has 1 amide bonds. The monoisotopic (exact) mass is 302 g/mol. The van der Waals surface area contributed by atoms with E-state index in [1.54, 1.807) is 6.20 Å². The molecule has 1 fully saturated rings. The summed E-state index contributed by atoms with van der Waals surface area (Å²) in [6.07, 6.45) is 6.73. The lowest BCUT2D eigenvalue weighted by molar-refractivity contribution is -0.121. The van der Waals surface area contributed by atoms with Crippen LogP contribution in [0.3, 0.4) is 0 Å². The lowest BCUT2D eigenvalue weighted by Crippen LogP contribution is -2.33. The molecule has 5 nitrogen and oxygen atoms in total. The summed E-state index contributed by atoms with van der Waals surface area (Å²) in [6.45, 7) is 0. The van der Waals surface area contributed by atoms with Gasteiger partial charge in [0.05, 0.1) is 12.1 Å². The summed E-state index contributed by atoms with van der Waals surface area (Å²) in [5.74, 6) is 0.824. The molecule has 2 heterocycles. The molecule has 6 heteroatoms. The van der Waals surface area contributed by atoms with Crippen LogP contribution in [-0.2, 0) is 11.2 Å². The Balaban J connectivity index is 1.53. The fraction of sp³-hybridized carbons (Fsp3) is 0.400. The zero-order chi connectivity index (χ0) is 14.5. The van der Waals surface area contributed by atoms with Crippen LogP contribution in [0.1, 0.15) is 31.4 Å². The molecule has 0 saturated heterocycles. The smallest absolute Gasteiger partial charge is 0.226 e. The molecule has 110 valence electrons. The summed E-state index contributed by atoms with van der Waals surface area (Å²) in [6, 6.07) is 6.03. The van der Waals surface area contributed by atoms with Crippen LogP contribution in [0.15, 0.2) is 29.8 Å². The second kappa shape index (κ2) is 6.67. The van der Waals surface area contributed by atoms with Gasteiger partial charge in [-0.15, -0.1) is 11.3 Å². The first-order valence-electron chi connectivity index (χ1n) is 7.21. The molecule has 1 aliphatic rings. The third-order valence-electron chi connectivity index (χ3n) is 3.51. The van der Waals surface area contributed by atoms with E-state index >= 15 is 0 Å². The summed E-state index contributed by atoms with van der Waals surface area (Å²) in [4.78, 5) is 20.6. The highest BCUT2D eigenvalue weighted by atomic mass is 32.1. The fourth-order valence-corrected chi connectivity index (χ4v) is 3.22. The maximum absolute atomic E-state index is 12.0. The number of nitrogens with one attached hydrogen (secondary N) is 2. The quantitative estimate of drug-likeness (QED) is 0.891.